The van der Waals surface area contributed by atoms with Gasteiger partial charge in [-0.15, -0.1) is 0 Å². The molecule has 0 aliphatic carbocycles. The van der Waals surface area contributed by atoms with Crippen LogP contribution >= 0.6 is 0 Å². The van der Waals surface area contributed by atoms with Gasteiger partial charge in [0.1, 0.15) is 0 Å². The van der Waals surface area contributed by atoms with Gasteiger partial charge in [0, 0.05) is 30.9 Å². The van der Waals surface area contributed by atoms with E-state index < -0.39 is 0 Å². The maximum absolute atomic E-state index is 9.43. The van der Waals surface area contributed by atoms with Crippen molar-refractivity contribution in [1.29, 1.82) is 0 Å². The second-order valence-electron chi connectivity index (χ2n) is 5.93. The summed E-state index contributed by atoms with van der Waals surface area (Å²) in [6.07, 6.45) is 1.11. The first kappa shape index (κ1) is 14.4. The number of rotatable bonds is 3. The molecule has 1 aromatic rings. The van der Waals surface area contributed by atoms with Crippen molar-refractivity contribution in [3.8, 4) is 0 Å². The largest absolute Gasteiger partial charge is 0.395 e. The summed E-state index contributed by atoms with van der Waals surface area (Å²) in [6, 6.07) is 9.49. The second-order valence-corrected chi connectivity index (χ2v) is 5.93. The Morgan fingerprint density at radius 2 is 2.00 bits per heavy atom. The number of benzene rings is 1. The molecule has 3 heteroatoms. The van der Waals surface area contributed by atoms with Gasteiger partial charge in [0.2, 0.25) is 0 Å². The molecule has 19 heavy (non-hydrogen) atoms. The first-order valence-electron chi connectivity index (χ1n) is 7.32. The Bertz CT molecular complexity index is 388. The van der Waals surface area contributed by atoms with Crippen LogP contribution in [0.1, 0.15) is 38.7 Å². The smallest absolute Gasteiger partial charge is 0.0602 e. The molecule has 0 radical (unpaired) electrons. The minimum absolute atomic E-state index is 0.169. The molecule has 2 N–H and O–H groups in total. The van der Waals surface area contributed by atoms with Crippen molar-refractivity contribution in [1.82, 2.24) is 5.32 Å². The zero-order valence-electron chi connectivity index (χ0n) is 12.3. The fourth-order valence-electron chi connectivity index (χ4n) is 2.66. The van der Waals surface area contributed by atoms with E-state index in [2.05, 4.69) is 55.3 Å². The van der Waals surface area contributed by atoms with Crippen LogP contribution in [0.2, 0.25) is 0 Å². The monoisotopic (exact) mass is 262 g/mol. The molecule has 0 spiro atoms. The zero-order chi connectivity index (χ0) is 13.8. The molecule has 3 nitrogen and oxygen atoms in total. The van der Waals surface area contributed by atoms with E-state index in [0.29, 0.717) is 12.0 Å². The second kappa shape index (κ2) is 6.40. The van der Waals surface area contributed by atoms with Crippen molar-refractivity contribution in [3.05, 3.63) is 29.8 Å². The maximum atomic E-state index is 9.43. The third-order valence-electron chi connectivity index (χ3n) is 3.94. The normalized spacial score (nSPS) is 24.6. The summed E-state index contributed by atoms with van der Waals surface area (Å²) in [7, 11) is 0. The molecule has 0 aromatic heterocycles. The van der Waals surface area contributed by atoms with Crippen LogP contribution in [0.25, 0.3) is 0 Å². The van der Waals surface area contributed by atoms with Gasteiger partial charge in [0.25, 0.3) is 0 Å². The number of nitrogens with one attached hydrogen (secondary N) is 1. The molecule has 2 atom stereocenters. The van der Waals surface area contributed by atoms with E-state index in [1.807, 2.05) is 0 Å². The number of hydrogen-bond acceptors (Lipinski definition) is 3. The number of aliphatic hydroxyl groups is 1. The molecular formula is C16H26N2O. The fourth-order valence-corrected chi connectivity index (χ4v) is 2.66. The molecule has 1 aromatic carbocycles. The minimum Gasteiger partial charge on any atom is -0.395 e. The van der Waals surface area contributed by atoms with Crippen LogP contribution in [0.15, 0.2) is 24.3 Å². The minimum atomic E-state index is 0.169. The number of aliphatic hydroxyl groups excluding tert-OH is 1. The summed E-state index contributed by atoms with van der Waals surface area (Å²) in [5, 5.41) is 12.9. The standard InChI is InChI=1S/C16H26N2O/c1-12(2)14-4-6-16(7-5-14)18-9-8-13(3)17-15(10-18)11-19/h4-7,12-13,15,17,19H,8-11H2,1-3H3. The van der Waals surface area contributed by atoms with E-state index in [-0.39, 0.29) is 12.6 Å². The molecule has 2 rings (SSSR count). The first-order chi connectivity index (χ1) is 9.10. The third kappa shape index (κ3) is 3.71. The van der Waals surface area contributed by atoms with Gasteiger partial charge in [-0.05, 0) is 37.0 Å². The molecule has 1 saturated heterocycles. The molecule has 0 saturated carbocycles. The summed E-state index contributed by atoms with van der Waals surface area (Å²) >= 11 is 0. The van der Waals surface area contributed by atoms with Crippen LogP contribution in [0.4, 0.5) is 5.69 Å². The third-order valence-corrected chi connectivity index (χ3v) is 3.94. The lowest BCUT2D eigenvalue weighted by molar-refractivity contribution is 0.240. The average Bonchev–Trinajstić information content (AvgIpc) is 2.60. The topological polar surface area (TPSA) is 35.5 Å². The predicted molar refractivity (Wildman–Crippen MR) is 80.8 cm³/mol. The van der Waals surface area contributed by atoms with Crippen molar-refractivity contribution in [3.63, 3.8) is 0 Å². The highest BCUT2D eigenvalue weighted by molar-refractivity contribution is 5.48. The van der Waals surface area contributed by atoms with E-state index >= 15 is 0 Å². The molecule has 1 fully saturated rings. The maximum Gasteiger partial charge on any atom is 0.0602 e. The molecule has 1 aliphatic rings. The lowest BCUT2D eigenvalue weighted by Gasteiger charge is -2.26. The first-order valence-corrected chi connectivity index (χ1v) is 7.32. The van der Waals surface area contributed by atoms with E-state index in [0.717, 1.165) is 19.5 Å². The summed E-state index contributed by atoms with van der Waals surface area (Å²) < 4.78 is 0. The van der Waals surface area contributed by atoms with Crippen LogP contribution in [0, 0.1) is 0 Å². The highest BCUT2D eigenvalue weighted by atomic mass is 16.3. The molecule has 106 valence electrons. The Morgan fingerprint density at radius 1 is 1.32 bits per heavy atom. The highest BCUT2D eigenvalue weighted by Crippen LogP contribution is 2.21. The fraction of sp³-hybridized carbons (Fsp3) is 0.625. The summed E-state index contributed by atoms with van der Waals surface area (Å²) in [6.45, 7) is 8.75. The van der Waals surface area contributed by atoms with Crippen LogP contribution in [-0.4, -0.2) is 36.9 Å². The quantitative estimate of drug-likeness (QED) is 0.878. The Labute approximate surface area is 116 Å². The van der Waals surface area contributed by atoms with Crippen molar-refractivity contribution in [2.24, 2.45) is 0 Å². The Morgan fingerprint density at radius 3 is 2.58 bits per heavy atom. The predicted octanol–water partition coefficient (Wildman–Crippen LogP) is 2.36. The summed E-state index contributed by atoms with van der Waals surface area (Å²) in [5.74, 6) is 0.574. The van der Waals surface area contributed by atoms with Crippen LogP contribution in [-0.2, 0) is 0 Å². The molecule has 2 unspecified atom stereocenters. The molecule has 0 bridgehead atoms. The van der Waals surface area contributed by atoms with Crippen molar-refractivity contribution >= 4 is 5.69 Å². The van der Waals surface area contributed by atoms with Gasteiger partial charge in [0.05, 0.1) is 6.61 Å². The Kier molecular flexibility index (Phi) is 4.83. The molecule has 0 amide bonds. The van der Waals surface area contributed by atoms with Gasteiger partial charge in [-0.3, -0.25) is 0 Å². The number of nitrogens with zero attached hydrogens (tertiary/aromatic N) is 1. The average molecular weight is 262 g/mol. The van der Waals surface area contributed by atoms with Crippen molar-refractivity contribution in [2.75, 3.05) is 24.6 Å². The lowest BCUT2D eigenvalue weighted by atomic mass is 10.0. The van der Waals surface area contributed by atoms with E-state index in [4.69, 9.17) is 0 Å². The van der Waals surface area contributed by atoms with Crippen LogP contribution < -0.4 is 10.2 Å². The van der Waals surface area contributed by atoms with Crippen LogP contribution in [0.5, 0.6) is 0 Å². The molecular weight excluding hydrogens is 236 g/mol. The van der Waals surface area contributed by atoms with Gasteiger partial charge in [0.15, 0.2) is 0 Å². The van der Waals surface area contributed by atoms with Gasteiger partial charge < -0.3 is 15.3 Å². The van der Waals surface area contributed by atoms with Gasteiger partial charge in [-0.2, -0.15) is 0 Å². The summed E-state index contributed by atoms with van der Waals surface area (Å²) in [4.78, 5) is 2.38. The zero-order valence-corrected chi connectivity index (χ0v) is 12.3. The molecule has 1 aliphatic heterocycles. The van der Waals surface area contributed by atoms with Crippen molar-refractivity contribution in [2.45, 2.75) is 45.2 Å². The lowest BCUT2D eigenvalue weighted by Crippen LogP contribution is -2.42. The SMILES string of the molecule is CC1CCN(c2ccc(C(C)C)cc2)CC(CO)N1. The van der Waals surface area contributed by atoms with E-state index in [1.165, 1.54) is 11.3 Å². The Balaban J connectivity index is 2.11. The van der Waals surface area contributed by atoms with Gasteiger partial charge in [-0.25, -0.2) is 0 Å². The van der Waals surface area contributed by atoms with Crippen molar-refractivity contribution < 1.29 is 5.11 Å². The Hall–Kier alpha value is -1.06. The van der Waals surface area contributed by atoms with Gasteiger partial charge in [-0.1, -0.05) is 26.0 Å². The highest BCUT2D eigenvalue weighted by Gasteiger charge is 2.20. The summed E-state index contributed by atoms with van der Waals surface area (Å²) in [5.41, 5.74) is 2.64. The molecule has 1 heterocycles. The van der Waals surface area contributed by atoms with Gasteiger partial charge >= 0.3 is 0 Å². The van der Waals surface area contributed by atoms with Crippen LogP contribution in [0.3, 0.4) is 0 Å². The number of hydrogen-bond donors (Lipinski definition) is 2. The number of anilines is 1. The van der Waals surface area contributed by atoms with E-state index in [1.54, 1.807) is 0 Å². The van der Waals surface area contributed by atoms with E-state index in [9.17, 15) is 5.11 Å².